The Morgan fingerprint density at radius 2 is 2.14 bits per heavy atom. The molecule has 2 heterocycles. The Kier molecular flexibility index (Phi) is 2.67. The Morgan fingerprint density at radius 3 is 2.71 bits per heavy atom. The molecule has 1 aliphatic rings. The van der Waals surface area contributed by atoms with Crippen molar-refractivity contribution in [1.29, 1.82) is 0 Å². The molecule has 1 saturated heterocycles. The Hall–Kier alpha value is -1.10. The van der Waals surface area contributed by atoms with Crippen LogP contribution in [-0.2, 0) is 0 Å². The molecule has 5 heteroatoms. The maximum atomic E-state index is 10.6. The standard InChI is InChI=1S/C9H12N2O2S/c12-8(13)7-6-10-9(14-7)11-4-2-1-3-5-11/h6H,1-5H2,(H,12,13). The van der Waals surface area contributed by atoms with E-state index in [2.05, 4.69) is 9.88 Å². The van der Waals surface area contributed by atoms with E-state index in [9.17, 15) is 4.79 Å². The normalized spacial score (nSPS) is 17.0. The molecule has 2 rings (SSSR count). The van der Waals surface area contributed by atoms with Crippen molar-refractivity contribution in [1.82, 2.24) is 4.98 Å². The number of carboxylic acids is 1. The fourth-order valence-electron chi connectivity index (χ4n) is 1.60. The highest BCUT2D eigenvalue weighted by Crippen LogP contribution is 2.25. The van der Waals surface area contributed by atoms with Gasteiger partial charge in [0.15, 0.2) is 5.13 Å². The Balaban J connectivity index is 2.11. The molecule has 0 atom stereocenters. The molecule has 76 valence electrons. The summed E-state index contributed by atoms with van der Waals surface area (Å²) in [4.78, 5) is 17.3. The Morgan fingerprint density at radius 1 is 1.43 bits per heavy atom. The number of carboxylic acid groups (broad SMARTS) is 1. The summed E-state index contributed by atoms with van der Waals surface area (Å²) in [6.45, 7) is 2.01. The molecule has 0 radical (unpaired) electrons. The van der Waals surface area contributed by atoms with E-state index in [4.69, 9.17) is 5.11 Å². The lowest BCUT2D eigenvalue weighted by Crippen LogP contribution is -2.29. The number of thiazole rings is 1. The summed E-state index contributed by atoms with van der Waals surface area (Å²) in [5.74, 6) is -0.884. The third kappa shape index (κ3) is 1.87. The fourth-order valence-corrected chi connectivity index (χ4v) is 2.40. The maximum Gasteiger partial charge on any atom is 0.347 e. The highest BCUT2D eigenvalue weighted by molar-refractivity contribution is 7.17. The molecule has 1 aromatic rings. The topological polar surface area (TPSA) is 53.4 Å². The van der Waals surface area contributed by atoms with Gasteiger partial charge >= 0.3 is 5.97 Å². The number of hydrogen-bond donors (Lipinski definition) is 1. The summed E-state index contributed by atoms with van der Waals surface area (Å²) < 4.78 is 0. The average Bonchev–Trinajstić information content (AvgIpc) is 2.68. The predicted octanol–water partition coefficient (Wildman–Crippen LogP) is 1.83. The molecule has 0 bridgehead atoms. The van der Waals surface area contributed by atoms with E-state index >= 15 is 0 Å². The van der Waals surface area contributed by atoms with E-state index in [0.717, 1.165) is 18.2 Å². The predicted molar refractivity (Wildman–Crippen MR) is 55.1 cm³/mol. The highest BCUT2D eigenvalue weighted by Gasteiger charge is 2.16. The molecule has 1 aromatic heterocycles. The zero-order valence-electron chi connectivity index (χ0n) is 7.77. The van der Waals surface area contributed by atoms with Crippen molar-refractivity contribution in [3.05, 3.63) is 11.1 Å². The van der Waals surface area contributed by atoms with Gasteiger partial charge in [-0.1, -0.05) is 11.3 Å². The molecular formula is C9H12N2O2S. The number of rotatable bonds is 2. The van der Waals surface area contributed by atoms with Gasteiger partial charge in [0.05, 0.1) is 6.20 Å². The van der Waals surface area contributed by atoms with Gasteiger partial charge in [0, 0.05) is 13.1 Å². The summed E-state index contributed by atoms with van der Waals surface area (Å²) >= 11 is 1.26. The van der Waals surface area contributed by atoms with Crippen LogP contribution >= 0.6 is 11.3 Å². The number of aromatic nitrogens is 1. The van der Waals surface area contributed by atoms with Crippen molar-refractivity contribution in [2.24, 2.45) is 0 Å². The molecule has 14 heavy (non-hydrogen) atoms. The number of anilines is 1. The van der Waals surface area contributed by atoms with Crippen LogP contribution in [-0.4, -0.2) is 29.1 Å². The minimum atomic E-state index is -0.884. The summed E-state index contributed by atoms with van der Waals surface area (Å²) in [5, 5.41) is 9.60. The van der Waals surface area contributed by atoms with Crippen molar-refractivity contribution < 1.29 is 9.90 Å². The molecule has 1 fully saturated rings. The van der Waals surface area contributed by atoms with Crippen LogP contribution in [0, 0.1) is 0 Å². The fraction of sp³-hybridized carbons (Fsp3) is 0.556. The second kappa shape index (κ2) is 3.96. The molecule has 0 amide bonds. The van der Waals surface area contributed by atoms with Crippen LogP contribution in [0.2, 0.25) is 0 Å². The number of nitrogens with zero attached hydrogens (tertiary/aromatic N) is 2. The summed E-state index contributed by atoms with van der Waals surface area (Å²) in [6.07, 6.45) is 5.08. The number of aromatic carboxylic acids is 1. The van der Waals surface area contributed by atoms with Gasteiger partial charge < -0.3 is 10.0 Å². The lowest BCUT2D eigenvalue weighted by Gasteiger charge is -2.25. The van der Waals surface area contributed by atoms with Crippen LogP contribution in [0.15, 0.2) is 6.20 Å². The van der Waals surface area contributed by atoms with Crippen LogP contribution in [0.1, 0.15) is 28.9 Å². The number of hydrogen-bond acceptors (Lipinski definition) is 4. The highest BCUT2D eigenvalue weighted by atomic mass is 32.1. The van der Waals surface area contributed by atoms with Gasteiger partial charge in [-0.15, -0.1) is 0 Å². The molecule has 0 aliphatic carbocycles. The van der Waals surface area contributed by atoms with Gasteiger partial charge in [-0.2, -0.15) is 0 Å². The molecule has 4 nitrogen and oxygen atoms in total. The average molecular weight is 212 g/mol. The van der Waals surface area contributed by atoms with Crippen LogP contribution in [0.5, 0.6) is 0 Å². The molecule has 1 aliphatic heterocycles. The molecule has 0 saturated carbocycles. The van der Waals surface area contributed by atoms with E-state index < -0.39 is 5.97 Å². The lowest BCUT2D eigenvalue weighted by atomic mass is 10.1. The van der Waals surface area contributed by atoms with E-state index in [0.29, 0.717) is 4.88 Å². The van der Waals surface area contributed by atoms with Crippen LogP contribution < -0.4 is 4.90 Å². The second-order valence-corrected chi connectivity index (χ2v) is 4.37. The summed E-state index contributed by atoms with van der Waals surface area (Å²) in [5.41, 5.74) is 0. The Bertz CT molecular complexity index is 331. The van der Waals surface area contributed by atoms with Gasteiger partial charge in [0.2, 0.25) is 0 Å². The van der Waals surface area contributed by atoms with E-state index in [1.807, 2.05) is 0 Å². The second-order valence-electron chi connectivity index (χ2n) is 3.36. The largest absolute Gasteiger partial charge is 0.477 e. The van der Waals surface area contributed by atoms with Crippen molar-refractivity contribution >= 4 is 22.4 Å². The first-order valence-corrected chi connectivity index (χ1v) is 5.53. The number of carbonyl (C=O) groups is 1. The molecular weight excluding hydrogens is 200 g/mol. The first-order valence-electron chi connectivity index (χ1n) is 4.71. The quantitative estimate of drug-likeness (QED) is 0.812. The molecule has 0 unspecified atom stereocenters. The van der Waals surface area contributed by atoms with Crippen molar-refractivity contribution in [2.75, 3.05) is 18.0 Å². The van der Waals surface area contributed by atoms with Crippen LogP contribution in [0.25, 0.3) is 0 Å². The first-order chi connectivity index (χ1) is 6.77. The monoisotopic (exact) mass is 212 g/mol. The third-order valence-corrected chi connectivity index (χ3v) is 3.38. The van der Waals surface area contributed by atoms with Crippen molar-refractivity contribution in [3.63, 3.8) is 0 Å². The maximum absolute atomic E-state index is 10.6. The van der Waals surface area contributed by atoms with Gasteiger partial charge in [-0.05, 0) is 19.3 Å². The lowest BCUT2D eigenvalue weighted by molar-refractivity contribution is 0.0702. The van der Waals surface area contributed by atoms with E-state index in [-0.39, 0.29) is 0 Å². The molecule has 1 N–H and O–H groups in total. The zero-order valence-corrected chi connectivity index (χ0v) is 8.59. The van der Waals surface area contributed by atoms with Crippen molar-refractivity contribution in [3.8, 4) is 0 Å². The van der Waals surface area contributed by atoms with E-state index in [1.54, 1.807) is 0 Å². The first kappa shape index (κ1) is 9.45. The van der Waals surface area contributed by atoms with Gasteiger partial charge in [0.1, 0.15) is 4.88 Å². The smallest absolute Gasteiger partial charge is 0.347 e. The SMILES string of the molecule is O=C(O)c1cnc(N2CCCCC2)s1. The summed E-state index contributed by atoms with van der Waals surface area (Å²) in [6, 6.07) is 0. The summed E-state index contributed by atoms with van der Waals surface area (Å²) in [7, 11) is 0. The van der Waals surface area contributed by atoms with Crippen LogP contribution in [0.4, 0.5) is 5.13 Å². The molecule has 0 spiro atoms. The van der Waals surface area contributed by atoms with Crippen LogP contribution in [0.3, 0.4) is 0 Å². The number of piperidine rings is 1. The minimum Gasteiger partial charge on any atom is -0.477 e. The molecule has 0 aromatic carbocycles. The van der Waals surface area contributed by atoms with Gasteiger partial charge in [-0.3, -0.25) is 0 Å². The Labute approximate surface area is 86.2 Å². The third-order valence-electron chi connectivity index (χ3n) is 2.33. The van der Waals surface area contributed by atoms with E-state index in [1.165, 1.54) is 36.8 Å². The van der Waals surface area contributed by atoms with Gasteiger partial charge in [0.25, 0.3) is 0 Å². The minimum absolute atomic E-state index is 0.325. The zero-order chi connectivity index (χ0) is 9.97. The van der Waals surface area contributed by atoms with Crippen molar-refractivity contribution in [2.45, 2.75) is 19.3 Å². The van der Waals surface area contributed by atoms with Gasteiger partial charge in [-0.25, -0.2) is 9.78 Å².